The van der Waals surface area contributed by atoms with Crippen molar-refractivity contribution >= 4 is 5.91 Å². The summed E-state index contributed by atoms with van der Waals surface area (Å²) in [6, 6.07) is 0.545. The SMILES string of the molecule is CNCC(=O)N(C)C1C2CC3CC(C2)CC1C3. The number of likely N-dealkylation sites (N-methyl/N-ethyl adjacent to an activating group) is 2. The number of hydrogen-bond donors (Lipinski definition) is 1. The minimum absolute atomic E-state index is 0.268. The molecular weight excluding hydrogens is 212 g/mol. The van der Waals surface area contributed by atoms with Gasteiger partial charge in [-0.25, -0.2) is 0 Å². The Bertz CT molecular complexity index is 287. The van der Waals surface area contributed by atoms with Gasteiger partial charge in [0.25, 0.3) is 0 Å². The number of rotatable bonds is 3. The molecule has 3 heteroatoms. The number of amides is 1. The molecule has 4 bridgehead atoms. The van der Waals surface area contributed by atoms with E-state index >= 15 is 0 Å². The minimum atomic E-state index is 0.268. The molecule has 0 unspecified atom stereocenters. The average molecular weight is 236 g/mol. The van der Waals surface area contributed by atoms with E-state index in [-0.39, 0.29) is 5.91 Å². The third kappa shape index (κ3) is 1.88. The molecule has 1 amide bonds. The second-order valence-electron chi connectivity index (χ2n) is 6.46. The molecule has 0 atom stereocenters. The van der Waals surface area contributed by atoms with Gasteiger partial charge in [0.05, 0.1) is 6.54 Å². The molecule has 1 N–H and O–H groups in total. The van der Waals surface area contributed by atoms with Crippen LogP contribution in [0.4, 0.5) is 0 Å². The Morgan fingerprint density at radius 1 is 1.12 bits per heavy atom. The lowest BCUT2D eigenvalue weighted by molar-refractivity contribution is -0.140. The summed E-state index contributed by atoms with van der Waals surface area (Å²) in [5.74, 6) is 3.85. The molecule has 0 saturated heterocycles. The number of nitrogens with zero attached hydrogens (tertiary/aromatic N) is 1. The Hall–Kier alpha value is -0.570. The standard InChI is InChI=1S/C14H24N2O/c1-15-8-13(17)16(2)14-11-4-9-3-10(6-11)7-12(14)5-9/h9-12,14-15H,3-8H2,1-2H3. The third-order valence-electron chi connectivity index (χ3n) is 5.35. The molecule has 3 nitrogen and oxygen atoms in total. The van der Waals surface area contributed by atoms with E-state index in [4.69, 9.17) is 0 Å². The highest BCUT2D eigenvalue weighted by Gasteiger charge is 2.50. The highest BCUT2D eigenvalue weighted by atomic mass is 16.2. The molecule has 4 saturated carbocycles. The van der Waals surface area contributed by atoms with Crippen molar-refractivity contribution in [2.45, 2.75) is 38.1 Å². The smallest absolute Gasteiger partial charge is 0.236 e. The maximum absolute atomic E-state index is 12.0. The van der Waals surface area contributed by atoms with Gasteiger partial charge in [0.15, 0.2) is 0 Å². The highest BCUT2D eigenvalue weighted by molar-refractivity contribution is 5.78. The minimum Gasteiger partial charge on any atom is -0.341 e. The number of nitrogens with one attached hydrogen (secondary N) is 1. The van der Waals surface area contributed by atoms with Crippen LogP contribution in [0.2, 0.25) is 0 Å². The van der Waals surface area contributed by atoms with Gasteiger partial charge in [-0.3, -0.25) is 4.79 Å². The van der Waals surface area contributed by atoms with Gasteiger partial charge in [-0.05, 0) is 62.8 Å². The molecule has 0 heterocycles. The molecule has 96 valence electrons. The van der Waals surface area contributed by atoms with Crippen LogP contribution in [0.1, 0.15) is 32.1 Å². The zero-order valence-electron chi connectivity index (χ0n) is 11.0. The Morgan fingerprint density at radius 2 is 1.65 bits per heavy atom. The Labute approximate surface area is 104 Å². The van der Waals surface area contributed by atoms with Crippen molar-refractivity contribution in [1.82, 2.24) is 10.2 Å². The first-order valence-corrected chi connectivity index (χ1v) is 7.09. The van der Waals surface area contributed by atoms with Crippen molar-refractivity contribution in [3.63, 3.8) is 0 Å². The van der Waals surface area contributed by atoms with Gasteiger partial charge in [0.1, 0.15) is 0 Å². The summed E-state index contributed by atoms with van der Waals surface area (Å²) in [6.07, 6.45) is 7.02. The van der Waals surface area contributed by atoms with Gasteiger partial charge in [-0.1, -0.05) is 0 Å². The molecule has 0 spiro atoms. The van der Waals surface area contributed by atoms with Crippen LogP contribution in [0.15, 0.2) is 0 Å². The lowest BCUT2D eigenvalue weighted by Gasteiger charge is -2.56. The summed E-state index contributed by atoms with van der Waals surface area (Å²) >= 11 is 0. The van der Waals surface area contributed by atoms with E-state index < -0.39 is 0 Å². The average Bonchev–Trinajstić information content (AvgIpc) is 2.27. The van der Waals surface area contributed by atoms with Crippen LogP contribution in [-0.4, -0.2) is 37.5 Å². The van der Waals surface area contributed by atoms with Crippen LogP contribution in [0.3, 0.4) is 0 Å². The van der Waals surface area contributed by atoms with E-state index in [1.54, 1.807) is 0 Å². The molecule has 4 aliphatic rings. The second kappa shape index (κ2) is 4.27. The fraction of sp³-hybridized carbons (Fsp3) is 0.929. The molecular formula is C14H24N2O. The van der Waals surface area contributed by atoms with Crippen molar-refractivity contribution in [1.29, 1.82) is 0 Å². The van der Waals surface area contributed by atoms with Crippen LogP contribution >= 0.6 is 0 Å². The predicted octanol–water partition coefficient (Wildman–Crippen LogP) is 1.49. The van der Waals surface area contributed by atoms with Crippen LogP contribution in [0, 0.1) is 23.7 Å². The molecule has 0 aromatic rings. The van der Waals surface area contributed by atoms with E-state index in [1.807, 2.05) is 14.1 Å². The van der Waals surface area contributed by atoms with Gasteiger partial charge < -0.3 is 10.2 Å². The van der Waals surface area contributed by atoms with Crippen molar-refractivity contribution in [3.8, 4) is 0 Å². The van der Waals surface area contributed by atoms with E-state index in [9.17, 15) is 4.79 Å². The molecule has 4 fully saturated rings. The van der Waals surface area contributed by atoms with Crippen LogP contribution in [-0.2, 0) is 4.79 Å². The second-order valence-corrected chi connectivity index (χ2v) is 6.46. The van der Waals surface area contributed by atoms with Crippen molar-refractivity contribution in [2.75, 3.05) is 20.6 Å². The van der Waals surface area contributed by atoms with Crippen molar-refractivity contribution in [2.24, 2.45) is 23.7 Å². The van der Waals surface area contributed by atoms with Crippen molar-refractivity contribution < 1.29 is 4.79 Å². The third-order valence-corrected chi connectivity index (χ3v) is 5.35. The summed E-state index contributed by atoms with van der Waals surface area (Å²) in [6.45, 7) is 0.485. The first-order valence-electron chi connectivity index (χ1n) is 7.09. The zero-order valence-corrected chi connectivity index (χ0v) is 11.0. The van der Waals surface area contributed by atoms with E-state index in [0.717, 1.165) is 23.7 Å². The molecule has 4 aliphatic carbocycles. The summed E-state index contributed by atoms with van der Waals surface area (Å²) in [4.78, 5) is 14.1. The summed E-state index contributed by atoms with van der Waals surface area (Å²) in [5, 5.41) is 2.98. The first kappa shape index (κ1) is 11.5. The van der Waals surface area contributed by atoms with E-state index in [2.05, 4.69) is 10.2 Å². The monoisotopic (exact) mass is 236 g/mol. The van der Waals surface area contributed by atoms with Crippen LogP contribution in [0.25, 0.3) is 0 Å². The fourth-order valence-corrected chi connectivity index (χ4v) is 4.97. The number of carbonyl (C=O) groups excluding carboxylic acids is 1. The van der Waals surface area contributed by atoms with Gasteiger partial charge in [0, 0.05) is 13.1 Å². The van der Waals surface area contributed by atoms with Gasteiger partial charge in [-0.15, -0.1) is 0 Å². The van der Waals surface area contributed by atoms with Crippen molar-refractivity contribution in [3.05, 3.63) is 0 Å². The molecule has 0 aliphatic heterocycles. The first-order chi connectivity index (χ1) is 8.19. The normalized spacial score (nSPS) is 42.8. The Balaban J connectivity index is 1.73. The molecule has 0 aromatic heterocycles. The topological polar surface area (TPSA) is 32.3 Å². The molecule has 4 rings (SSSR count). The highest BCUT2D eigenvalue weighted by Crippen LogP contribution is 2.54. The van der Waals surface area contributed by atoms with Gasteiger partial charge >= 0.3 is 0 Å². The van der Waals surface area contributed by atoms with Gasteiger partial charge in [0.2, 0.25) is 5.91 Å². The predicted molar refractivity (Wildman–Crippen MR) is 67.5 cm³/mol. The number of carbonyl (C=O) groups is 1. The fourth-order valence-electron chi connectivity index (χ4n) is 4.97. The van der Waals surface area contributed by atoms with Crippen LogP contribution < -0.4 is 5.32 Å². The summed E-state index contributed by atoms with van der Waals surface area (Å²) in [5.41, 5.74) is 0. The molecule has 17 heavy (non-hydrogen) atoms. The molecule has 0 aromatic carbocycles. The Kier molecular flexibility index (Phi) is 2.89. The Morgan fingerprint density at radius 3 is 2.12 bits per heavy atom. The summed E-state index contributed by atoms with van der Waals surface area (Å²) in [7, 11) is 3.87. The lowest BCUT2D eigenvalue weighted by atomic mass is 9.54. The van der Waals surface area contributed by atoms with E-state index in [1.165, 1.54) is 32.1 Å². The van der Waals surface area contributed by atoms with Crippen LogP contribution in [0.5, 0.6) is 0 Å². The number of hydrogen-bond acceptors (Lipinski definition) is 2. The lowest BCUT2D eigenvalue weighted by Crippen LogP contribution is -2.57. The van der Waals surface area contributed by atoms with Gasteiger partial charge in [-0.2, -0.15) is 0 Å². The quantitative estimate of drug-likeness (QED) is 0.805. The molecule has 0 radical (unpaired) electrons. The van der Waals surface area contributed by atoms with E-state index in [0.29, 0.717) is 12.6 Å². The maximum Gasteiger partial charge on any atom is 0.236 e. The summed E-state index contributed by atoms with van der Waals surface area (Å²) < 4.78 is 0. The maximum atomic E-state index is 12.0. The zero-order chi connectivity index (χ0) is 12.0. The largest absolute Gasteiger partial charge is 0.341 e.